The Morgan fingerprint density at radius 1 is 1.19 bits per heavy atom. The average Bonchev–Trinajstić information content (AvgIpc) is 3.10. The van der Waals surface area contributed by atoms with E-state index in [2.05, 4.69) is 31.3 Å². The molecule has 0 radical (unpaired) electrons. The quantitative estimate of drug-likeness (QED) is 0.610. The van der Waals surface area contributed by atoms with E-state index >= 15 is 0 Å². The molecule has 6 heteroatoms. The minimum Gasteiger partial charge on any atom is -0.282 e. The van der Waals surface area contributed by atoms with E-state index in [9.17, 15) is 0 Å². The van der Waals surface area contributed by atoms with Crippen LogP contribution in [-0.2, 0) is 0 Å². The molecule has 1 N–H and O–H groups in total. The summed E-state index contributed by atoms with van der Waals surface area (Å²) in [7, 11) is 0. The number of para-hydroxylation sites is 1. The maximum Gasteiger partial charge on any atom is 0.202 e. The van der Waals surface area contributed by atoms with Crippen LogP contribution in [0.3, 0.4) is 0 Å². The van der Waals surface area contributed by atoms with Gasteiger partial charge in [0.2, 0.25) is 5.82 Å². The number of nitrogens with zero attached hydrogens (tertiary/aromatic N) is 5. The molecule has 4 aromatic rings. The molecule has 0 spiro atoms. The third kappa shape index (κ3) is 1.65. The van der Waals surface area contributed by atoms with E-state index in [4.69, 9.17) is 0 Å². The first-order valence-electron chi connectivity index (χ1n) is 7.04. The van der Waals surface area contributed by atoms with E-state index in [1.807, 2.05) is 24.3 Å². The molecule has 1 aromatic carbocycles. The number of hydrogen-bond donors (Lipinski definition) is 1. The molecule has 1 fully saturated rings. The van der Waals surface area contributed by atoms with Crippen molar-refractivity contribution in [1.82, 2.24) is 29.8 Å². The smallest absolute Gasteiger partial charge is 0.202 e. The molecule has 0 amide bonds. The van der Waals surface area contributed by atoms with Crippen LogP contribution in [0.2, 0.25) is 0 Å². The molecule has 3 heterocycles. The van der Waals surface area contributed by atoms with Crippen molar-refractivity contribution in [2.45, 2.75) is 18.8 Å². The number of fused-ring (bicyclic) bond motifs is 3. The summed E-state index contributed by atoms with van der Waals surface area (Å²) in [6.45, 7) is 0. The Kier molecular flexibility index (Phi) is 2.02. The Morgan fingerprint density at radius 2 is 2.10 bits per heavy atom. The largest absolute Gasteiger partial charge is 0.282 e. The van der Waals surface area contributed by atoms with Crippen molar-refractivity contribution in [3.8, 4) is 11.5 Å². The molecule has 3 aromatic heterocycles. The Hall–Kier alpha value is -2.76. The highest BCUT2D eigenvalue weighted by Crippen LogP contribution is 2.39. The maximum atomic E-state index is 4.63. The molecule has 6 nitrogen and oxygen atoms in total. The van der Waals surface area contributed by atoms with E-state index in [1.165, 1.54) is 18.5 Å². The molecule has 1 saturated carbocycles. The van der Waals surface area contributed by atoms with Crippen LogP contribution < -0.4 is 0 Å². The van der Waals surface area contributed by atoms with Gasteiger partial charge in [0.1, 0.15) is 12.0 Å². The van der Waals surface area contributed by atoms with Gasteiger partial charge < -0.3 is 0 Å². The van der Waals surface area contributed by atoms with E-state index in [0.717, 1.165) is 22.2 Å². The molecule has 1 aliphatic carbocycles. The van der Waals surface area contributed by atoms with Crippen LogP contribution in [0.4, 0.5) is 0 Å². The van der Waals surface area contributed by atoms with Gasteiger partial charge in [-0.1, -0.05) is 12.1 Å². The van der Waals surface area contributed by atoms with Gasteiger partial charge in [-0.25, -0.2) is 14.5 Å². The highest BCUT2D eigenvalue weighted by molar-refractivity contribution is 5.91. The molecule has 0 saturated heterocycles. The molecule has 0 bridgehead atoms. The lowest BCUT2D eigenvalue weighted by atomic mass is 10.2. The Bertz CT molecular complexity index is 963. The van der Waals surface area contributed by atoms with Gasteiger partial charge >= 0.3 is 0 Å². The van der Waals surface area contributed by atoms with Crippen molar-refractivity contribution in [3.05, 3.63) is 42.4 Å². The average molecular weight is 276 g/mol. The van der Waals surface area contributed by atoms with Gasteiger partial charge in [-0.15, -0.1) is 5.10 Å². The van der Waals surface area contributed by atoms with Crippen LogP contribution in [0.1, 0.15) is 24.5 Å². The third-order valence-corrected chi connectivity index (χ3v) is 3.93. The number of benzene rings is 1. The summed E-state index contributed by atoms with van der Waals surface area (Å²) in [5.74, 6) is 1.28. The fourth-order valence-electron chi connectivity index (χ4n) is 2.64. The van der Waals surface area contributed by atoms with Crippen LogP contribution in [0.5, 0.6) is 0 Å². The first-order chi connectivity index (χ1) is 10.4. The summed E-state index contributed by atoms with van der Waals surface area (Å²) in [5, 5.41) is 12.9. The fourth-order valence-corrected chi connectivity index (χ4v) is 2.64. The number of hydrogen-bond acceptors (Lipinski definition) is 4. The number of H-pyrrole nitrogens is 1. The number of aromatic nitrogens is 6. The van der Waals surface area contributed by atoms with Gasteiger partial charge in [0.15, 0.2) is 5.65 Å². The number of nitrogens with one attached hydrogen (secondary N) is 1. The highest BCUT2D eigenvalue weighted by Gasteiger charge is 2.26. The lowest BCUT2D eigenvalue weighted by Crippen LogP contribution is -1.90. The molecule has 102 valence electrons. The van der Waals surface area contributed by atoms with Crippen molar-refractivity contribution in [2.75, 3.05) is 0 Å². The van der Waals surface area contributed by atoms with E-state index in [-0.39, 0.29) is 0 Å². The van der Waals surface area contributed by atoms with Crippen molar-refractivity contribution in [1.29, 1.82) is 0 Å². The molecule has 0 aliphatic heterocycles. The summed E-state index contributed by atoms with van der Waals surface area (Å²) < 4.78 is 1.71. The first kappa shape index (κ1) is 11.0. The standard InChI is InChI=1S/C15H12N6/c1-2-4-11-10(3-1)15-17-14(20-21(15)8-16-11)13-7-12(18-19-13)9-5-6-9/h1-4,7-9H,5-6H2,(H,18,19). The Balaban J connectivity index is 1.70. The second-order valence-corrected chi connectivity index (χ2v) is 5.45. The summed E-state index contributed by atoms with van der Waals surface area (Å²) >= 11 is 0. The second-order valence-electron chi connectivity index (χ2n) is 5.45. The van der Waals surface area contributed by atoms with Gasteiger partial charge in [0.25, 0.3) is 0 Å². The molecule has 5 rings (SSSR count). The van der Waals surface area contributed by atoms with Crippen molar-refractivity contribution in [2.24, 2.45) is 0 Å². The zero-order valence-corrected chi connectivity index (χ0v) is 11.2. The molecule has 0 unspecified atom stereocenters. The normalized spacial score (nSPS) is 15.0. The first-order valence-corrected chi connectivity index (χ1v) is 7.04. The van der Waals surface area contributed by atoms with Crippen LogP contribution in [-0.4, -0.2) is 29.8 Å². The van der Waals surface area contributed by atoms with Crippen molar-refractivity contribution >= 4 is 16.6 Å². The zero-order chi connectivity index (χ0) is 13.8. The van der Waals surface area contributed by atoms with Crippen LogP contribution in [0.15, 0.2) is 36.7 Å². The predicted molar refractivity (Wildman–Crippen MR) is 77.8 cm³/mol. The fraction of sp³-hybridized carbons (Fsp3) is 0.200. The Labute approximate surface area is 119 Å². The van der Waals surface area contributed by atoms with E-state index in [0.29, 0.717) is 11.7 Å². The second kappa shape index (κ2) is 3.88. The molecular formula is C15H12N6. The molecule has 0 atom stereocenters. The maximum absolute atomic E-state index is 4.63. The van der Waals surface area contributed by atoms with Gasteiger partial charge in [0.05, 0.1) is 5.52 Å². The molecule has 1 aliphatic rings. The SMILES string of the molecule is c1ccc2c(c1)ncn1nc(-c3cc(C4CC4)[nH]n3)nc21. The number of aromatic amines is 1. The lowest BCUT2D eigenvalue weighted by molar-refractivity contribution is 0.929. The van der Waals surface area contributed by atoms with Crippen molar-refractivity contribution in [3.63, 3.8) is 0 Å². The zero-order valence-electron chi connectivity index (χ0n) is 11.2. The van der Waals surface area contributed by atoms with E-state index < -0.39 is 0 Å². The van der Waals surface area contributed by atoms with Crippen molar-refractivity contribution < 1.29 is 0 Å². The van der Waals surface area contributed by atoms with Gasteiger partial charge in [-0.3, -0.25) is 5.10 Å². The van der Waals surface area contributed by atoms with Gasteiger partial charge in [-0.05, 0) is 31.0 Å². The van der Waals surface area contributed by atoms with Gasteiger partial charge in [0, 0.05) is 17.0 Å². The predicted octanol–water partition coefficient (Wildman–Crippen LogP) is 2.54. The summed E-state index contributed by atoms with van der Waals surface area (Å²) in [5.41, 5.74) is 3.72. The van der Waals surface area contributed by atoms with Gasteiger partial charge in [-0.2, -0.15) is 5.10 Å². The third-order valence-electron chi connectivity index (χ3n) is 3.93. The van der Waals surface area contributed by atoms with Crippen LogP contribution in [0, 0.1) is 0 Å². The Morgan fingerprint density at radius 3 is 3.00 bits per heavy atom. The summed E-state index contributed by atoms with van der Waals surface area (Å²) in [6.07, 6.45) is 4.19. The van der Waals surface area contributed by atoms with Crippen LogP contribution in [0.25, 0.3) is 28.1 Å². The summed E-state index contributed by atoms with van der Waals surface area (Å²) in [6, 6.07) is 10.00. The van der Waals surface area contributed by atoms with Crippen LogP contribution >= 0.6 is 0 Å². The topological polar surface area (TPSA) is 71.8 Å². The minimum absolute atomic E-state index is 0.635. The molecular weight excluding hydrogens is 264 g/mol. The van der Waals surface area contributed by atoms with E-state index in [1.54, 1.807) is 10.8 Å². The molecule has 21 heavy (non-hydrogen) atoms. The minimum atomic E-state index is 0.635. The lowest BCUT2D eigenvalue weighted by Gasteiger charge is -1.96. The monoisotopic (exact) mass is 276 g/mol. The summed E-state index contributed by atoms with van der Waals surface area (Å²) in [4.78, 5) is 9.03. The highest BCUT2D eigenvalue weighted by atomic mass is 15.3. The number of rotatable bonds is 2.